The van der Waals surface area contributed by atoms with Crippen molar-refractivity contribution in [2.75, 3.05) is 13.1 Å². The third kappa shape index (κ3) is 1.55. The van der Waals surface area contributed by atoms with Crippen molar-refractivity contribution in [2.45, 2.75) is 12.0 Å². The minimum absolute atomic E-state index is 0.136. The number of aromatic nitrogens is 1. The molecule has 0 bridgehead atoms. The SMILES string of the molecule is OC1CNCC1c1ccncc1F. The Hall–Kier alpha value is -1.00. The number of aliphatic hydroxyl groups is 1. The van der Waals surface area contributed by atoms with E-state index < -0.39 is 6.10 Å². The number of hydrogen-bond donors (Lipinski definition) is 2. The molecule has 0 aromatic carbocycles. The van der Waals surface area contributed by atoms with Gasteiger partial charge in [0.25, 0.3) is 0 Å². The Balaban J connectivity index is 2.29. The quantitative estimate of drug-likeness (QED) is 0.655. The predicted octanol–water partition coefficient (Wildman–Crippen LogP) is 0.268. The zero-order valence-electron chi connectivity index (χ0n) is 7.07. The molecule has 1 aliphatic heterocycles. The zero-order valence-corrected chi connectivity index (χ0v) is 7.07. The summed E-state index contributed by atoms with van der Waals surface area (Å²) in [6, 6.07) is 1.62. The molecule has 70 valence electrons. The Morgan fingerprint density at radius 1 is 1.54 bits per heavy atom. The van der Waals surface area contributed by atoms with E-state index in [2.05, 4.69) is 10.3 Å². The number of aliphatic hydroxyl groups excluding tert-OH is 1. The van der Waals surface area contributed by atoms with Crippen molar-refractivity contribution in [1.82, 2.24) is 10.3 Å². The van der Waals surface area contributed by atoms with Crippen molar-refractivity contribution in [3.05, 3.63) is 29.8 Å². The highest BCUT2D eigenvalue weighted by Gasteiger charge is 2.28. The van der Waals surface area contributed by atoms with E-state index >= 15 is 0 Å². The molecule has 0 spiro atoms. The van der Waals surface area contributed by atoms with Gasteiger partial charge in [0.15, 0.2) is 0 Å². The summed E-state index contributed by atoms with van der Waals surface area (Å²) in [6.07, 6.45) is 2.24. The molecule has 1 aliphatic rings. The third-order valence-corrected chi connectivity index (χ3v) is 2.39. The first-order chi connectivity index (χ1) is 6.29. The van der Waals surface area contributed by atoms with Crippen LogP contribution in [0.25, 0.3) is 0 Å². The van der Waals surface area contributed by atoms with E-state index in [0.29, 0.717) is 18.7 Å². The second kappa shape index (κ2) is 3.40. The first-order valence-corrected chi connectivity index (χ1v) is 4.27. The molecule has 0 radical (unpaired) electrons. The van der Waals surface area contributed by atoms with Gasteiger partial charge in [0.2, 0.25) is 0 Å². The summed E-state index contributed by atoms with van der Waals surface area (Å²) in [6.45, 7) is 1.16. The minimum Gasteiger partial charge on any atom is -0.391 e. The van der Waals surface area contributed by atoms with Gasteiger partial charge in [0.05, 0.1) is 12.3 Å². The van der Waals surface area contributed by atoms with Crippen LogP contribution in [0.3, 0.4) is 0 Å². The van der Waals surface area contributed by atoms with Crippen LogP contribution >= 0.6 is 0 Å². The van der Waals surface area contributed by atoms with Crippen LogP contribution in [0.2, 0.25) is 0 Å². The lowest BCUT2D eigenvalue weighted by Crippen LogP contribution is -2.17. The normalized spacial score (nSPS) is 27.8. The van der Waals surface area contributed by atoms with E-state index in [9.17, 15) is 9.50 Å². The maximum Gasteiger partial charge on any atom is 0.145 e. The Labute approximate surface area is 75.6 Å². The first-order valence-electron chi connectivity index (χ1n) is 4.27. The standard InChI is InChI=1S/C9H11FN2O/c10-8-4-11-2-1-6(8)7-3-12-5-9(7)13/h1-2,4,7,9,12-13H,3,5H2. The number of halogens is 1. The molecular formula is C9H11FN2O. The Kier molecular flexibility index (Phi) is 2.24. The second-order valence-corrected chi connectivity index (χ2v) is 3.23. The van der Waals surface area contributed by atoms with E-state index in [1.54, 1.807) is 12.3 Å². The molecule has 2 unspecified atom stereocenters. The van der Waals surface area contributed by atoms with Crippen molar-refractivity contribution in [3.8, 4) is 0 Å². The fourth-order valence-corrected chi connectivity index (χ4v) is 1.67. The molecule has 3 nitrogen and oxygen atoms in total. The van der Waals surface area contributed by atoms with Crippen molar-refractivity contribution < 1.29 is 9.50 Å². The van der Waals surface area contributed by atoms with Crippen molar-refractivity contribution >= 4 is 0 Å². The molecule has 2 rings (SSSR count). The van der Waals surface area contributed by atoms with Crippen molar-refractivity contribution in [2.24, 2.45) is 0 Å². The van der Waals surface area contributed by atoms with Crippen molar-refractivity contribution in [3.63, 3.8) is 0 Å². The highest BCUT2D eigenvalue weighted by atomic mass is 19.1. The lowest BCUT2D eigenvalue weighted by molar-refractivity contribution is 0.176. The van der Waals surface area contributed by atoms with Gasteiger partial charge in [-0.2, -0.15) is 0 Å². The molecule has 4 heteroatoms. The molecule has 2 atom stereocenters. The highest BCUT2D eigenvalue weighted by molar-refractivity contribution is 5.21. The van der Waals surface area contributed by atoms with Crippen LogP contribution in [0.1, 0.15) is 11.5 Å². The number of hydrogen-bond acceptors (Lipinski definition) is 3. The molecule has 0 amide bonds. The van der Waals surface area contributed by atoms with Crippen LogP contribution < -0.4 is 5.32 Å². The molecule has 13 heavy (non-hydrogen) atoms. The summed E-state index contributed by atoms with van der Waals surface area (Å²) in [5, 5.41) is 12.5. The van der Waals surface area contributed by atoms with Gasteiger partial charge in [-0.1, -0.05) is 0 Å². The number of nitrogens with zero attached hydrogens (tertiary/aromatic N) is 1. The number of β-amino-alcohol motifs (C(OH)–C–C–N with tert-alkyl or cyclic N) is 1. The van der Waals surface area contributed by atoms with Crippen LogP contribution in [-0.4, -0.2) is 29.3 Å². The van der Waals surface area contributed by atoms with Crippen LogP contribution in [0, 0.1) is 5.82 Å². The molecule has 0 saturated carbocycles. The average Bonchev–Trinajstić information content (AvgIpc) is 2.52. The summed E-state index contributed by atoms with van der Waals surface area (Å²) in [5.74, 6) is -0.474. The van der Waals surface area contributed by atoms with E-state index in [1.807, 2.05) is 0 Å². The fraction of sp³-hybridized carbons (Fsp3) is 0.444. The Morgan fingerprint density at radius 2 is 2.38 bits per heavy atom. The summed E-state index contributed by atoms with van der Waals surface area (Å²) in [7, 11) is 0. The van der Waals surface area contributed by atoms with E-state index in [-0.39, 0.29) is 11.7 Å². The largest absolute Gasteiger partial charge is 0.391 e. The molecule has 1 saturated heterocycles. The number of nitrogens with one attached hydrogen (secondary N) is 1. The van der Waals surface area contributed by atoms with Crippen molar-refractivity contribution in [1.29, 1.82) is 0 Å². The maximum absolute atomic E-state index is 13.2. The van der Waals surface area contributed by atoms with E-state index in [0.717, 1.165) is 0 Å². The number of pyridine rings is 1. The maximum atomic E-state index is 13.2. The van der Waals surface area contributed by atoms with Gasteiger partial charge in [0.1, 0.15) is 5.82 Å². The van der Waals surface area contributed by atoms with E-state index in [4.69, 9.17) is 0 Å². The molecule has 0 aliphatic carbocycles. The smallest absolute Gasteiger partial charge is 0.145 e. The summed E-state index contributed by atoms with van der Waals surface area (Å²) >= 11 is 0. The Morgan fingerprint density at radius 3 is 3.00 bits per heavy atom. The monoisotopic (exact) mass is 182 g/mol. The van der Waals surface area contributed by atoms with E-state index in [1.165, 1.54) is 6.20 Å². The van der Waals surface area contributed by atoms with Crippen LogP contribution in [0.5, 0.6) is 0 Å². The van der Waals surface area contributed by atoms with Gasteiger partial charge in [-0.15, -0.1) is 0 Å². The van der Waals surface area contributed by atoms with Gasteiger partial charge in [-0.3, -0.25) is 4.98 Å². The predicted molar refractivity (Wildman–Crippen MR) is 45.8 cm³/mol. The van der Waals surface area contributed by atoms with Gasteiger partial charge < -0.3 is 10.4 Å². The van der Waals surface area contributed by atoms with Gasteiger partial charge >= 0.3 is 0 Å². The van der Waals surface area contributed by atoms with Crippen LogP contribution in [0.15, 0.2) is 18.5 Å². The third-order valence-electron chi connectivity index (χ3n) is 2.39. The molecule has 1 aromatic heterocycles. The lowest BCUT2D eigenvalue weighted by atomic mass is 9.97. The Bertz CT molecular complexity index is 305. The molecular weight excluding hydrogens is 171 g/mol. The zero-order chi connectivity index (χ0) is 9.26. The first kappa shape index (κ1) is 8.59. The summed E-state index contributed by atoms with van der Waals surface area (Å²) in [4.78, 5) is 3.66. The van der Waals surface area contributed by atoms with Gasteiger partial charge in [0, 0.05) is 25.2 Å². The fourth-order valence-electron chi connectivity index (χ4n) is 1.67. The minimum atomic E-state index is -0.489. The molecule has 1 aromatic rings. The lowest BCUT2D eigenvalue weighted by Gasteiger charge is -2.13. The highest BCUT2D eigenvalue weighted by Crippen LogP contribution is 2.24. The van der Waals surface area contributed by atoms with Gasteiger partial charge in [-0.05, 0) is 11.6 Å². The molecule has 2 N–H and O–H groups in total. The van der Waals surface area contributed by atoms with Gasteiger partial charge in [-0.25, -0.2) is 4.39 Å². The average molecular weight is 182 g/mol. The summed E-state index contributed by atoms with van der Waals surface area (Å²) < 4.78 is 13.2. The summed E-state index contributed by atoms with van der Waals surface area (Å²) in [5.41, 5.74) is 0.549. The molecule has 1 fully saturated rings. The van der Waals surface area contributed by atoms with Crippen LogP contribution in [-0.2, 0) is 0 Å². The van der Waals surface area contributed by atoms with Crippen LogP contribution in [0.4, 0.5) is 4.39 Å². The number of rotatable bonds is 1. The molecule has 2 heterocycles. The topological polar surface area (TPSA) is 45.1 Å². The second-order valence-electron chi connectivity index (χ2n) is 3.23.